The van der Waals surface area contributed by atoms with E-state index in [1.165, 1.54) is 11.1 Å². The van der Waals surface area contributed by atoms with E-state index in [0.717, 1.165) is 36.8 Å². The van der Waals surface area contributed by atoms with Crippen LogP contribution in [0.15, 0.2) is 46.6 Å². The molecule has 0 saturated carbocycles. The van der Waals surface area contributed by atoms with Gasteiger partial charge in [0.25, 0.3) is 0 Å². The predicted molar refractivity (Wildman–Crippen MR) is 188 cm³/mol. The first-order valence-electron chi connectivity index (χ1n) is 17.5. The lowest BCUT2D eigenvalue weighted by molar-refractivity contribution is -0.145. The summed E-state index contributed by atoms with van der Waals surface area (Å²) < 4.78 is 11.0. The van der Waals surface area contributed by atoms with E-state index in [4.69, 9.17) is 9.47 Å². The normalized spacial score (nSPS) is 22.8. The number of carbonyl (C=O) groups is 2. The SMILES string of the molecule is CC(C)(C)C1=CC(CCC(=O)OCCCCCCOC(=O)CCC2=CC(O)(C(C)(C)C)CC(C(C)(C)C)=C2)=CC(O)(C(C)(C)C)C1. The first-order valence-corrected chi connectivity index (χ1v) is 17.5. The lowest BCUT2D eigenvalue weighted by atomic mass is 9.66. The summed E-state index contributed by atoms with van der Waals surface area (Å²) in [7, 11) is 0. The van der Waals surface area contributed by atoms with Crippen molar-refractivity contribution in [2.24, 2.45) is 21.7 Å². The van der Waals surface area contributed by atoms with Crippen LogP contribution in [0.1, 0.15) is 147 Å². The number of esters is 2. The van der Waals surface area contributed by atoms with Crippen molar-refractivity contribution >= 4 is 11.9 Å². The molecule has 0 aromatic carbocycles. The summed E-state index contributed by atoms with van der Waals surface area (Å²) in [6.07, 6.45) is 14.4. The number of hydrogen-bond acceptors (Lipinski definition) is 6. The molecule has 0 fully saturated rings. The Kier molecular flexibility index (Phi) is 13.4. The van der Waals surface area contributed by atoms with Crippen molar-refractivity contribution in [3.8, 4) is 0 Å². The van der Waals surface area contributed by atoms with Crippen molar-refractivity contribution in [1.82, 2.24) is 0 Å². The van der Waals surface area contributed by atoms with Crippen LogP contribution in [0, 0.1) is 21.7 Å². The van der Waals surface area contributed by atoms with Crippen LogP contribution in [0.25, 0.3) is 0 Å². The summed E-state index contributed by atoms with van der Waals surface area (Å²) in [5.74, 6) is -0.437. The van der Waals surface area contributed by atoms with Crippen LogP contribution in [0.5, 0.6) is 0 Å². The standard InChI is InChI=1S/C40H66O6/c1-35(2,3)31-23-29(25-39(43,27-31)37(7,8)9)17-19-33(41)45-21-15-13-14-16-22-46-34(42)20-18-30-24-32(36(4,5)6)28-40(44,26-30)38(10,11)12/h23-26,43-44H,13-22,27-28H2,1-12H3. The summed E-state index contributed by atoms with van der Waals surface area (Å²) in [5.41, 5.74) is 1.74. The number of aliphatic hydroxyl groups is 2. The molecule has 0 aliphatic heterocycles. The highest BCUT2D eigenvalue weighted by Crippen LogP contribution is 2.46. The van der Waals surface area contributed by atoms with Gasteiger partial charge in [-0.2, -0.15) is 0 Å². The molecule has 2 aliphatic rings. The Balaban J connectivity index is 1.69. The third-order valence-corrected chi connectivity index (χ3v) is 9.81. The zero-order valence-electron chi connectivity index (χ0n) is 31.3. The number of allylic oxidation sites excluding steroid dienone is 4. The van der Waals surface area contributed by atoms with Gasteiger partial charge in [0.2, 0.25) is 0 Å². The zero-order valence-corrected chi connectivity index (χ0v) is 31.3. The molecule has 2 aliphatic carbocycles. The van der Waals surface area contributed by atoms with Crippen molar-refractivity contribution < 1.29 is 29.3 Å². The van der Waals surface area contributed by atoms with Crippen LogP contribution in [-0.4, -0.2) is 46.6 Å². The van der Waals surface area contributed by atoms with Crippen LogP contribution in [0.2, 0.25) is 0 Å². The summed E-state index contributed by atoms with van der Waals surface area (Å²) in [5, 5.41) is 22.9. The highest BCUT2D eigenvalue weighted by Gasteiger charge is 2.43. The fraction of sp³-hybridized carbons (Fsp3) is 0.750. The second-order valence-electron chi connectivity index (χ2n) is 17.8. The van der Waals surface area contributed by atoms with Gasteiger partial charge in [0.05, 0.1) is 24.4 Å². The molecule has 0 radical (unpaired) electrons. The molecular weight excluding hydrogens is 576 g/mol. The van der Waals surface area contributed by atoms with Gasteiger partial charge in [-0.25, -0.2) is 0 Å². The molecule has 0 bridgehead atoms. The monoisotopic (exact) mass is 642 g/mol. The van der Waals surface area contributed by atoms with Crippen molar-refractivity contribution in [3.63, 3.8) is 0 Å². The van der Waals surface area contributed by atoms with E-state index in [-0.39, 0.29) is 46.4 Å². The lowest BCUT2D eigenvalue weighted by Crippen LogP contribution is -2.44. The van der Waals surface area contributed by atoms with Gasteiger partial charge in [0.1, 0.15) is 0 Å². The maximum atomic E-state index is 12.4. The Morgan fingerprint density at radius 3 is 1.22 bits per heavy atom. The number of ether oxygens (including phenoxy) is 2. The summed E-state index contributed by atoms with van der Waals surface area (Å²) in [4.78, 5) is 24.9. The van der Waals surface area contributed by atoms with Gasteiger partial charge in [-0.05, 0) is 83.5 Å². The van der Waals surface area contributed by atoms with Gasteiger partial charge in [0.15, 0.2) is 0 Å². The van der Waals surface area contributed by atoms with Crippen molar-refractivity contribution in [1.29, 1.82) is 0 Å². The molecule has 2 unspecified atom stereocenters. The third-order valence-electron chi connectivity index (χ3n) is 9.81. The van der Waals surface area contributed by atoms with Gasteiger partial charge in [0, 0.05) is 25.7 Å². The van der Waals surface area contributed by atoms with Gasteiger partial charge in [-0.15, -0.1) is 0 Å². The average Bonchev–Trinajstić information content (AvgIpc) is 2.89. The van der Waals surface area contributed by atoms with Crippen molar-refractivity contribution in [3.05, 3.63) is 46.6 Å². The Morgan fingerprint density at radius 2 is 0.935 bits per heavy atom. The van der Waals surface area contributed by atoms with Gasteiger partial charge in [-0.1, -0.05) is 106 Å². The predicted octanol–water partition coefficient (Wildman–Crippen LogP) is 9.35. The largest absolute Gasteiger partial charge is 0.466 e. The van der Waals surface area contributed by atoms with Crippen LogP contribution >= 0.6 is 0 Å². The second-order valence-corrected chi connectivity index (χ2v) is 17.8. The van der Waals surface area contributed by atoms with E-state index in [1.807, 2.05) is 12.2 Å². The highest BCUT2D eigenvalue weighted by molar-refractivity contribution is 5.70. The molecule has 2 rings (SSSR count). The molecule has 0 spiro atoms. The molecule has 46 heavy (non-hydrogen) atoms. The smallest absolute Gasteiger partial charge is 0.306 e. The second kappa shape index (κ2) is 15.4. The number of hydrogen-bond donors (Lipinski definition) is 2. The van der Waals surface area contributed by atoms with E-state index >= 15 is 0 Å². The fourth-order valence-corrected chi connectivity index (χ4v) is 5.71. The zero-order chi connectivity index (χ0) is 35.2. The first kappa shape index (κ1) is 40.0. The molecule has 6 nitrogen and oxygen atoms in total. The maximum absolute atomic E-state index is 12.4. The molecule has 0 aromatic heterocycles. The Hall–Kier alpha value is -2.18. The van der Waals surface area contributed by atoms with E-state index in [0.29, 0.717) is 38.9 Å². The molecule has 0 aromatic rings. The van der Waals surface area contributed by atoms with Crippen LogP contribution in [0.3, 0.4) is 0 Å². The third kappa shape index (κ3) is 11.8. The maximum Gasteiger partial charge on any atom is 0.306 e. The highest BCUT2D eigenvalue weighted by atomic mass is 16.5. The molecule has 0 amide bonds. The molecule has 0 heterocycles. The average molecular weight is 643 g/mol. The van der Waals surface area contributed by atoms with E-state index in [2.05, 4.69) is 95.2 Å². The first-order chi connectivity index (χ1) is 20.9. The van der Waals surface area contributed by atoms with Crippen molar-refractivity contribution in [2.45, 2.75) is 158 Å². The molecule has 2 N–H and O–H groups in total. The van der Waals surface area contributed by atoms with Crippen LogP contribution in [0.4, 0.5) is 0 Å². The molecular formula is C40H66O6. The minimum absolute atomic E-state index is 0.0568. The summed E-state index contributed by atoms with van der Waals surface area (Å²) >= 11 is 0. The van der Waals surface area contributed by atoms with Crippen LogP contribution in [-0.2, 0) is 19.1 Å². The van der Waals surface area contributed by atoms with E-state index in [9.17, 15) is 19.8 Å². The number of unbranched alkanes of at least 4 members (excludes halogenated alkanes) is 3. The lowest BCUT2D eigenvalue weighted by Gasteiger charge is -2.43. The Morgan fingerprint density at radius 1 is 0.609 bits per heavy atom. The Labute approximate surface area is 280 Å². The van der Waals surface area contributed by atoms with E-state index < -0.39 is 11.2 Å². The molecule has 6 heteroatoms. The minimum Gasteiger partial charge on any atom is -0.466 e. The van der Waals surface area contributed by atoms with Crippen LogP contribution < -0.4 is 0 Å². The molecule has 2 atom stereocenters. The minimum atomic E-state index is -0.947. The number of carbonyl (C=O) groups excluding carboxylic acids is 2. The summed E-state index contributed by atoms with van der Waals surface area (Å²) in [6, 6.07) is 0. The van der Waals surface area contributed by atoms with E-state index in [1.54, 1.807) is 0 Å². The van der Waals surface area contributed by atoms with Gasteiger partial charge < -0.3 is 19.7 Å². The van der Waals surface area contributed by atoms with Gasteiger partial charge in [-0.3, -0.25) is 9.59 Å². The topological polar surface area (TPSA) is 93.1 Å². The molecule has 0 saturated heterocycles. The summed E-state index contributed by atoms with van der Waals surface area (Å²) in [6.45, 7) is 26.0. The van der Waals surface area contributed by atoms with Crippen molar-refractivity contribution in [2.75, 3.05) is 13.2 Å². The number of rotatable bonds is 13. The molecule has 262 valence electrons. The Bertz CT molecular complexity index is 1090. The van der Waals surface area contributed by atoms with Gasteiger partial charge >= 0.3 is 11.9 Å². The fourth-order valence-electron chi connectivity index (χ4n) is 5.71. The quantitative estimate of drug-likeness (QED) is 0.154.